The number of nitrogens with zero attached hydrogens (tertiary/aromatic N) is 1. The molecule has 4 atom stereocenters. The van der Waals surface area contributed by atoms with E-state index in [1.165, 1.54) is 18.2 Å². The Hall–Kier alpha value is -3.43. The maximum atomic E-state index is 13.2. The lowest BCUT2D eigenvalue weighted by molar-refractivity contribution is -0.208. The molecule has 0 radical (unpaired) electrons. The second-order valence-electron chi connectivity index (χ2n) is 7.50. The fourth-order valence-corrected chi connectivity index (χ4v) is 4.29. The van der Waals surface area contributed by atoms with Crippen molar-refractivity contribution in [3.63, 3.8) is 0 Å². The van der Waals surface area contributed by atoms with Crippen LogP contribution >= 0.6 is 0 Å². The molecule has 1 aromatic carbocycles. The minimum Gasteiger partial charge on any atom is -0.507 e. The van der Waals surface area contributed by atoms with Crippen LogP contribution in [0.15, 0.2) is 27.8 Å². The minimum atomic E-state index is -2.21. The van der Waals surface area contributed by atoms with Crippen molar-refractivity contribution in [2.45, 2.75) is 37.8 Å². The van der Waals surface area contributed by atoms with Gasteiger partial charge in [-0.05, 0) is 13.0 Å². The van der Waals surface area contributed by atoms with Gasteiger partial charge in [0.2, 0.25) is 5.43 Å². The van der Waals surface area contributed by atoms with Gasteiger partial charge in [-0.15, -0.1) is 0 Å². The second-order valence-corrected chi connectivity index (χ2v) is 7.50. The SMILES string of the molecule is CC(=O)O[C@@H]1c2c(c3c(=O)c4cccc(O)c4c(=O)c=3c2=[N+]=N)[C@H](O)[C@@H](O)[C@@]1(C)O. The highest BCUT2D eigenvalue weighted by Gasteiger charge is 2.55. The maximum absolute atomic E-state index is 13.2. The molecular formula is C20H17N2O8+. The highest BCUT2D eigenvalue weighted by molar-refractivity contribution is 5.88. The third-order valence-electron chi connectivity index (χ3n) is 5.65. The molecule has 0 fully saturated rings. The quantitative estimate of drug-likeness (QED) is 0.187. The molecule has 10 nitrogen and oxygen atoms in total. The van der Waals surface area contributed by atoms with Crippen molar-refractivity contribution < 1.29 is 34.7 Å². The van der Waals surface area contributed by atoms with Crippen LogP contribution in [0.25, 0.3) is 10.8 Å². The molecular weight excluding hydrogens is 396 g/mol. The van der Waals surface area contributed by atoms with Gasteiger partial charge in [0.25, 0.3) is 0 Å². The van der Waals surface area contributed by atoms with Crippen molar-refractivity contribution in [1.29, 1.82) is 5.53 Å². The number of fused-ring (bicyclic) bond motifs is 3. The van der Waals surface area contributed by atoms with Gasteiger partial charge in [0.1, 0.15) is 28.8 Å². The first-order chi connectivity index (χ1) is 14.0. The molecule has 0 heterocycles. The van der Waals surface area contributed by atoms with E-state index in [4.69, 9.17) is 10.3 Å². The number of aliphatic hydroxyl groups is 3. The van der Waals surface area contributed by atoms with Gasteiger partial charge in [-0.3, -0.25) is 14.4 Å². The average Bonchev–Trinajstić information content (AvgIpc) is 3.03. The Bertz CT molecular complexity index is 1480. The summed E-state index contributed by atoms with van der Waals surface area (Å²) in [5.41, 5.74) is 3.37. The Balaban J connectivity index is 2.37. The monoisotopic (exact) mass is 413 g/mol. The number of carbonyl (C=O) groups is 1. The lowest BCUT2D eigenvalue weighted by atomic mass is 9.76. The van der Waals surface area contributed by atoms with E-state index >= 15 is 0 Å². The van der Waals surface area contributed by atoms with E-state index in [9.17, 15) is 34.8 Å². The van der Waals surface area contributed by atoms with E-state index in [0.717, 1.165) is 13.8 Å². The Morgan fingerprint density at radius 3 is 2.43 bits per heavy atom. The van der Waals surface area contributed by atoms with Crippen LogP contribution in [-0.2, 0) is 9.53 Å². The van der Waals surface area contributed by atoms with E-state index in [1.807, 2.05) is 0 Å². The number of aromatic hydroxyl groups is 1. The lowest BCUT2D eigenvalue weighted by Crippen LogP contribution is -2.53. The summed E-state index contributed by atoms with van der Waals surface area (Å²) in [7, 11) is 0. The van der Waals surface area contributed by atoms with E-state index in [-0.39, 0.29) is 37.7 Å². The van der Waals surface area contributed by atoms with Crippen LogP contribution in [0.3, 0.4) is 0 Å². The smallest absolute Gasteiger partial charge is 0.384 e. The topological polar surface area (TPSA) is 179 Å². The van der Waals surface area contributed by atoms with Gasteiger partial charge in [-0.25, -0.2) is 0 Å². The zero-order valence-corrected chi connectivity index (χ0v) is 15.8. The average molecular weight is 413 g/mol. The van der Waals surface area contributed by atoms with Crippen molar-refractivity contribution in [2.75, 3.05) is 0 Å². The van der Waals surface area contributed by atoms with E-state index in [1.54, 1.807) is 0 Å². The zero-order valence-electron chi connectivity index (χ0n) is 15.8. The molecule has 30 heavy (non-hydrogen) atoms. The summed E-state index contributed by atoms with van der Waals surface area (Å²) in [6.45, 7) is 2.17. The Morgan fingerprint density at radius 2 is 1.83 bits per heavy atom. The van der Waals surface area contributed by atoms with E-state index in [0.29, 0.717) is 0 Å². The van der Waals surface area contributed by atoms with Gasteiger partial charge >= 0.3 is 11.3 Å². The molecule has 5 N–H and O–H groups in total. The molecule has 0 bridgehead atoms. The number of esters is 1. The van der Waals surface area contributed by atoms with Gasteiger partial charge in [-0.1, -0.05) is 12.1 Å². The van der Waals surface area contributed by atoms with Crippen LogP contribution in [0.2, 0.25) is 0 Å². The van der Waals surface area contributed by atoms with E-state index in [2.05, 4.69) is 4.79 Å². The minimum absolute atomic E-state index is 0.125. The Kier molecular flexibility index (Phi) is 4.16. The zero-order chi connectivity index (χ0) is 22.1. The number of benzene rings is 1. The number of hydrogen-bond donors (Lipinski definition) is 5. The molecule has 0 aliphatic heterocycles. The molecule has 3 aliphatic rings. The number of aliphatic hydroxyl groups excluding tert-OH is 2. The first kappa shape index (κ1) is 19.9. The molecule has 154 valence electrons. The first-order valence-corrected chi connectivity index (χ1v) is 8.95. The van der Waals surface area contributed by atoms with Crippen molar-refractivity contribution >= 4 is 16.7 Å². The highest BCUT2D eigenvalue weighted by Crippen LogP contribution is 2.44. The largest absolute Gasteiger partial charge is 0.507 e. The molecule has 3 aliphatic carbocycles. The fraction of sp³-hybridized carbons (Fsp3) is 0.300. The molecule has 1 aromatic rings. The van der Waals surface area contributed by atoms with Crippen LogP contribution in [0.5, 0.6) is 5.75 Å². The van der Waals surface area contributed by atoms with Gasteiger partial charge < -0.3 is 25.2 Å². The Morgan fingerprint density at radius 1 is 1.17 bits per heavy atom. The molecule has 4 rings (SSSR count). The standard InChI is InChI=1S/C20H16N2O8/c1-6(23)30-19-13-11(17(27)18(28)20(19,2)29)10-12(14(13)22-21)16(26)9-7(15(10)25)4-3-5-8(9)24/h3-5,17-19,21,27-29H,1-2H3/p+1/t17-,18+,19+,20+/m0/s1. The Labute approximate surface area is 166 Å². The number of phenolic OH excluding ortho intramolecular Hbond substituents is 1. The third kappa shape index (κ3) is 2.33. The summed E-state index contributed by atoms with van der Waals surface area (Å²) < 4.78 is 5.17. The predicted octanol–water partition coefficient (Wildman–Crippen LogP) is -1.23. The predicted molar refractivity (Wildman–Crippen MR) is 98.0 cm³/mol. The van der Waals surface area contributed by atoms with Crippen LogP contribution in [0.4, 0.5) is 0 Å². The number of ether oxygens (including phenoxy) is 1. The van der Waals surface area contributed by atoms with Gasteiger partial charge in [0.15, 0.2) is 11.5 Å². The summed E-state index contributed by atoms with van der Waals surface area (Å²) in [5, 5.41) is 40.7. The summed E-state index contributed by atoms with van der Waals surface area (Å²) in [6, 6.07) is 3.91. The van der Waals surface area contributed by atoms with Crippen molar-refractivity contribution in [2.24, 2.45) is 0 Å². The maximum Gasteiger partial charge on any atom is 0.384 e. The van der Waals surface area contributed by atoms with Crippen LogP contribution < -0.4 is 16.2 Å². The normalized spacial score (nSPS) is 25.8. The molecule has 10 heteroatoms. The summed E-state index contributed by atoms with van der Waals surface area (Å²) >= 11 is 0. The molecule has 0 amide bonds. The summed E-state index contributed by atoms with van der Waals surface area (Å²) in [6.07, 6.45) is -5.33. The number of nitrogens with one attached hydrogen (secondary N) is 1. The van der Waals surface area contributed by atoms with Crippen molar-refractivity contribution in [3.05, 3.63) is 65.6 Å². The highest BCUT2D eigenvalue weighted by atomic mass is 16.6. The van der Waals surface area contributed by atoms with Crippen molar-refractivity contribution in [3.8, 4) is 5.75 Å². The molecule has 0 saturated heterocycles. The second kappa shape index (κ2) is 6.28. The molecule has 0 unspecified atom stereocenters. The number of carbonyl (C=O) groups excluding carboxylic acids is 1. The number of rotatable bonds is 1. The fourth-order valence-electron chi connectivity index (χ4n) is 4.29. The molecule has 0 saturated carbocycles. The van der Waals surface area contributed by atoms with E-state index < -0.39 is 46.5 Å². The van der Waals surface area contributed by atoms with Gasteiger partial charge in [-0.2, -0.15) is 0 Å². The molecule has 0 aromatic heterocycles. The summed E-state index contributed by atoms with van der Waals surface area (Å²) in [4.78, 5) is 41.4. The van der Waals surface area contributed by atoms with Crippen LogP contribution in [0, 0.1) is 16.0 Å². The molecule has 0 spiro atoms. The number of hydrogen-bond acceptors (Lipinski definition) is 9. The van der Waals surface area contributed by atoms with Crippen LogP contribution in [0.1, 0.15) is 37.2 Å². The van der Waals surface area contributed by atoms with Crippen LogP contribution in [-0.4, -0.2) is 42.9 Å². The third-order valence-corrected chi connectivity index (χ3v) is 5.65. The van der Waals surface area contributed by atoms with Gasteiger partial charge in [0.05, 0.1) is 21.3 Å². The summed E-state index contributed by atoms with van der Waals surface area (Å²) in [5.74, 6) is -1.29. The van der Waals surface area contributed by atoms with Gasteiger partial charge in [0, 0.05) is 23.1 Å². The van der Waals surface area contributed by atoms with Crippen molar-refractivity contribution in [1.82, 2.24) is 0 Å². The first-order valence-electron chi connectivity index (χ1n) is 8.95. The number of phenols is 1. The lowest BCUT2D eigenvalue weighted by Gasteiger charge is -2.41.